The maximum absolute atomic E-state index is 7.75. The predicted octanol–water partition coefficient (Wildman–Crippen LogP) is 2.96. The Morgan fingerprint density at radius 2 is 1.95 bits per heavy atom. The van der Waals surface area contributed by atoms with Crippen molar-refractivity contribution in [3.05, 3.63) is 10.6 Å². The molecule has 0 radical (unpaired) electrons. The molecule has 1 aliphatic heterocycles. The van der Waals surface area contributed by atoms with E-state index in [1.807, 2.05) is 0 Å². The fraction of sp³-hybridized carbons (Fsp3) is 0.714. The molecule has 1 saturated heterocycles. The lowest BCUT2D eigenvalue weighted by Crippen LogP contribution is -2.32. The Hall–Kier alpha value is -1.10. The first-order chi connectivity index (χ1) is 8.79. The fourth-order valence-corrected chi connectivity index (χ4v) is 3.52. The number of rotatable bonds is 2. The summed E-state index contributed by atoms with van der Waals surface area (Å²) in [5.41, 5.74) is 6.60. The molecular weight excluding hydrogens is 256 g/mol. The second-order valence-corrected chi connectivity index (χ2v) is 7.48. The van der Waals surface area contributed by atoms with Gasteiger partial charge < -0.3 is 10.6 Å². The molecule has 106 valence electrons. The van der Waals surface area contributed by atoms with E-state index in [0.717, 1.165) is 34.7 Å². The molecule has 1 aromatic rings. The summed E-state index contributed by atoms with van der Waals surface area (Å²) in [6, 6.07) is 0. The van der Waals surface area contributed by atoms with Gasteiger partial charge in [-0.25, -0.2) is 4.98 Å². The van der Waals surface area contributed by atoms with Crippen LogP contribution in [0, 0.1) is 11.3 Å². The number of nitrogens with one attached hydrogen (secondary N) is 1. The van der Waals surface area contributed by atoms with Gasteiger partial charge in [0.1, 0.15) is 5.84 Å². The average Bonchev–Trinajstić information content (AvgIpc) is 2.74. The van der Waals surface area contributed by atoms with Gasteiger partial charge >= 0.3 is 0 Å². The SMILES string of the molecule is CC1CCN(c2nc(C(C)(C)C)c(C(=N)N)s2)CC1. The fourth-order valence-electron chi connectivity index (χ4n) is 2.33. The maximum atomic E-state index is 7.75. The van der Waals surface area contributed by atoms with Gasteiger partial charge in [-0.15, -0.1) is 0 Å². The van der Waals surface area contributed by atoms with Crippen LogP contribution in [0.4, 0.5) is 5.13 Å². The Balaban J connectivity index is 2.30. The molecule has 19 heavy (non-hydrogen) atoms. The standard InChI is InChI=1S/C14H24N4S/c1-9-5-7-18(8-6-9)13-17-11(14(2,3)4)10(19-13)12(15)16/h9H,5-8H2,1-4H3,(H3,15,16). The number of anilines is 1. The quantitative estimate of drug-likeness (QED) is 0.646. The van der Waals surface area contributed by atoms with Crippen molar-refractivity contribution in [3.63, 3.8) is 0 Å². The number of piperidine rings is 1. The molecule has 0 spiro atoms. The molecule has 1 aromatic heterocycles. The number of amidine groups is 1. The highest BCUT2D eigenvalue weighted by Gasteiger charge is 2.27. The Morgan fingerprint density at radius 1 is 1.37 bits per heavy atom. The van der Waals surface area contributed by atoms with Crippen LogP contribution in [-0.4, -0.2) is 23.9 Å². The minimum atomic E-state index is -0.0706. The lowest BCUT2D eigenvalue weighted by Gasteiger charge is -2.29. The zero-order chi connectivity index (χ0) is 14.2. The number of hydrogen-bond donors (Lipinski definition) is 2. The highest BCUT2D eigenvalue weighted by molar-refractivity contribution is 7.17. The molecule has 0 atom stereocenters. The van der Waals surface area contributed by atoms with E-state index in [9.17, 15) is 0 Å². The lowest BCUT2D eigenvalue weighted by molar-refractivity contribution is 0.437. The summed E-state index contributed by atoms with van der Waals surface area (Å²) in [6.45, 7) is 10.8. The molecule has 1 fully saturated rings. The Bertz CT molecular complexity index is 464. The van der Waals surface area contributed by atoms with Crippen molar-refractivity contribution in [2.75, 3.05) is 18.0 Å². The molecule has 0 unspecified atom stereocenters. The van der Waals surface area contributed by atoms with Crippen LogP contribution in [0.3, 0.4) is 0 Å². The molecular formula is C14H24N4S. The first-order valence-electron chi connectivity index (χ1n) is 6.89. The van der Waals surface area contributed by atoms with Crippen LogP contribution in [0.5, 0.6) is 0 Å². The number of nitrogens with zero attached hydrogens (tertiary/aromatic N) is 2. The number of nitrogens with two attached hydrogens (primary N) is 1. The maximum Gasteiger partial charge on any atom is 0.186 e. The number of nitrogen functional groups attached to an aromatic ring is 1. The van der Waals surface area contributed by atoms with Gasteiger partial charge in [0, 0.05) is 18.5 Å². The molecule has 2 rings (SSSR count). The summed E-state index contributed by atoms with van der Waals surface area (Å²) in [4.78, 5) is 7.95. The average molecular weight is 280 g/mol. The molecule has 3 N–H and O–H groups in total. The van der Waals surface area contributed by atoms with Crippen LogP contribution in [0.25, 0.3) is 0 Å². The first kappa shape index (κ1) is 14.3. The summed E-state index contributed by atoms with van der Waals surface area (Å²) in [6.07, 6.45) is 2.44. The third-order valence-corrected chi connectivity index (χ3v) is 4.77. The normalized spacial score (nSPS) is 17.8. The molecule has 2 heterocycles. The van der Waals surface area contributed by atoms with E-state index in [2.05, 4.69) is 32.6 Å². The van der Waals surface area contributed by atoms with Gasteiger partial charge in [-0.2, -0.15) is 0 Å². The molecule has 5 heteroatoms. The monoisotopic (exact) mass is 280 g/mol. The number of aromatic nitrogens is 1. The smallest absolute Gasteiger partial charge is 0.186 e. The minimum absolute atomic E-state index is 0.0706. The van der Waals surface area contributed by atoms with Gasteiger partial charge in [0.05, 0.1) is 10.6 Å². The van der Waals surface area contributed by atoms with Crippen LogP contribution in [0.2, 0.25) is 0 Å². The van der Waals surface area contributed by atoms with Gasteiger partial charge in [0.15, 0.2) is 5.13 Å². The lowest BCUT2D eigenvalue weighted by atomic mass is 9.91. The largest absolute Gasteiger partial charge is 0.383 e. The zero-order valence-corrected chi connectivity index (χ0v) is 13.1. The van der Waals surface area contributed by atoms with Gasteiger partial charge in [0.2, 0.25) is 0 Å². The second-order valence-electron chi connectivity index (χ2n) is 6.51. The first-order valence-corrected chi connectivity index (χ1v) is 7.71. The highest BCUT2D eigenvalue weighted by Crippen LogP contribution is 2.35. The van der Waals surface area contributed by atoms with Crippen molar-refractivity contribution in [1.29, 1.82) is 5.41 Å². The Kier molecular flexibility index (Phi) is 3.85. The molecule has 0 bridgehead atoms. The van der Waals surface area contributed by atoms with E-state index >= 15 is 0 Å². The summed E-state index contributed by atoms with van der Waals surface area (Å²) in [5.74, 6) is 0.949. The van der Waals surface area contributed by atoms with E-state index < -0.39 is 0 Å². The summed E-state index contributed by atoms with van der Waals surface area (Å²) in [5, 5.41) is 8.77. The van der Waals surface area contributed by atoms with Crippen molar-refractivity contribution in [3.8, 4) is 0 Å². The van der Waals surface area contributed by atoms with Gasteiger partial charge in [-0.1, -0.05) is 39.0 Å². The van der Waals surface area contributed by atoms with Crippen molar-refractivity contribution in [2.45, 2.75) is 46.0 Å². The Morgan fingerprint density at radius 3 is 2.37 bits per heavy atom. The van der Waals surface area contributed by atoms with Crippen LogP contribution in [0.1, 0.15) is 51.1 Å². The van der Waals surface area contributed by atoms with Crippen LogP contribution in [-0.2, 0) is 5.41 Å². The van der Waals surface area contributed by atoms with E-state index in [0.29, 0.717) is 0 Å². The van der Waals surface area contributed by atoms with E-state index in [1.165, 1.54) is 12.8 Å². The Labute approximate surface area is 119 Å². The second kappa shape index (κ2) is 5.12. The van der Waals surface area contributed by atoms with Crippen LogP contribution >= 0.6 is 11.3 Å². The van der Waals surface area contributed by atoms with E-state index in [1.54, 1.807) is 11.3 Å². The van der Waals surface area contributed by atoms with Crippen molar-refractivity contribution in [2.24, 2.45) is 11.7 Å². The van der Waals surface area contributed by atoms with Crippen molar-refractivity contribution in [1.82, 2.24) is 4.98 Å². The molecule has 4 nitrogen and oxygen atoms in total. The topological polar surface area (TPSA) is 66.0 Å². The molecule has 0 aromatic carbocycles. The van der Waals surface area contributed by atoms with Crippen LogP contribution in [0.15, 0.2) is 0 Å². The van der Waals surface area contributed by atoms with Gasteiger partial charge in [-0.3, -0.25) is 5.41 Å². The summed E-state index contributed by atoms with van der Waals surface area (Å²) in [7, 11) is 0. The van der Waals surface area contributed by atoms with Gasteiger partial charge in [-0.05, 0) is 18.8 Å². The third kappa shape index (κ3) is 3.08. The summed E-state index contributed by atoms with van der Waals surface area (Å²) >= 11 is 1.57. The number of thiazole rings is 1. The summed E-state index contributed by atoms with van der Waals surface area (Å²) < 4.78 is 0. The molecule has 0 saturated carbocycles. The molecule has 1 aliphatic rings. The zero-order valence-electron chi connectivity index (χ0n) is 12.3. The minimum Gasteiger partial charge on any atom is -0.383 e. The van der Waals surface area contributed by atoms with E-state index in [-0.39, 0.29) is 11.3 Å². The van der Waals surface area contributed by atoms with Crippen molar-refractivity contribution >= 4 is 22.3 Å². The third-order valence-electron chi connectivity index (χ3n) is 3.63. The van der Waals surface area contributed by atoms with Crippen LogP contribution < -0.4 is 10.6 Å². The molecule has 0 aliphatic carbocycles. The number of hydrogen-bond acceptors (Lipinski definition) is 4. The predicted molar refractivity (Wildman–Crippen MR) is 82.4 cm³/mol. The van der Waals surface area contributed by atoms with Gasteiger partial charge in [0.25, 0.3) is 0 Å². The van der Waals surface area contributed by atoms with E-state index in [4.69, 9.17) is 16.1 Å². The molecule has 0 amide bonds. The van der Waals surface area contributed by atoms with Crippen molar-refractivity contribution < 1.29 is 0 Å². The highest BCUT2D eigenvalue weighted by atomic mass is 32.1.